The standard InChI is InChI=1S/C15H22N2O3/c1-10(7-8-16)3-6-14(18)17-12-4-5-13(15(19)20)11(2)9-12/h4-5,9-10H,3,6-8,16H2,1-2H3,(H,17,18)(H,19,20). The summed E-state index contributed by atoms with van der Waals surface area (Å²) in [5.74, 6) is -0.589. The molecule has 0 aliphatic rings. The number of hydrogen-bond acceptors (Lipinski definition) is 3. The minimum Gasteiger partial charge on any atom is -0.478 e. The van der Waals surface area contributed by atoms with Crippen LogP contribution < -0.4 is 11.1 Å². The molecular weight excluding hydrogens is 256 g/mol. The molecule has 1 aromatic rings. The van der Waals surface area contributed by atoms with Crippen molar-refractivity contribution in [1.82, 2.24) is 0 Å². The molecule has 0 saturated heterocycles. The van der Waals surface area contributed by atoms with Gasteiger partial charge < -0.3 is 16.2 Å². The maximum Gasteiger partial charge on any atom is 0.335 e. The quantitative estimate of drug-likeness (QED) is 0.714. The van der Waals surface area contributed by atoms with E-state index in [1.54, 1.807) is 19.1 Å². The lowest BCUT2D eigenvalue weighted by Gasteiger charge is -2.11. The van der Waals surface area contributed by atoms with Gasteiger partial charge in [-0.25, -0.2) is 4.79 Å². The summed E-state index contributed by atoms with van der Waals surface area (Å²) in [6.07, 6.45) is 2.16. The lowest BCUT2D eigenvalue weighted by molar-refractivity contribution is -0.116. The van der Waals surface area contributed by atoms with Gasteiger partial charge in [-0.15, -0.1) is 0 Å². The van der Waals surface area contributed by atoms with Crippen LogP contribution in [0.2, 0.25) is 0 Å². The molecule has 0 radical (unpaired) electrons. The number of carbonyl (C=O) groups is 2. The highest BCUT2D eigenvalue weighted by atomic mass is 16.4. The summed E-state index contributed by atoms with van der Waals surface area (Å²) in [6.45, 7) is 4.42. The van der Waals surface area contributed by atoms with E-state index in [0.29, 0.717) is 30.1 Å². The van der Waals surface area contributed by atoms with E-state index < -0.39 is 5.97 Å². The Hall–Kier alpha value is -1.88. The smallest absolute Gasteiger partial charge is 0.335 e. The second-order valence-corrected chi connectivity index (χ2v) is 5.10. The van der Waals surface area contributed by atoms with Crippen LogP contribution in [-0.4, -0.2) is 23.5 Å². The maximum atomic E-state index is 11.8. The zero-order chi connectivity index (χ0) is 15.1. The molecule has 1 aromatic carbocycles. The van der Waals surface area contributed by atoms with E-state index >= 15 is 0 Å². The van der Waals surface area contributed by atoms with Crippen molar-refractivity contribution < 1.29 is 14.7 Å². The third kappa shape index (κ3) is 5.01. The zero-order valence-corrected chi connectivity index (χ0v) is 12.0. The predicted molar refractivity (Wildman–Crippen MR) is 78.8 cm³/mol. The summed E-state index contributed by atoms with van der Waals surface area (Å²) in [5, 5.41) is 11.7. The molecule has 0 saturated carbocycles. The lowest BCUT2D eigenvalue weighted by atomic mass is 10.0. The molecule has 0 heterocycles. The molecule has 0 spiro atoms. The average molecular weight is 278 g/mol. The molecule has 110 valence electrons. The normalized spacial score (nSPS) is 11.9. The SMILES string of the molecule is Cc1cc(NC(=O)CCC(C)CCN)ccc1C(=O)O. The number of carbonyl (C=O) groups excluding carboxylic acids is 1. The summed E-state index contributed by atoms with van der Waals surface area (Å²) >= 11 is 0. The van der Waals surface area contributed by atoms with E-state index in [-0.39, 0.29) is 11.5 Å². The van der Waals surface area contributed by atoms with Crippen LogP contribution >= 0.6 is 0 Å². The highest BCUT2D eigenvalue weighted by Gasteiger charge is 2.10. The fourth-order valence-electron chi connectivity index (χ4n) is 2.01. The Kier molecular flexibility index (Phi) is 6.18. The highest BCUT2D eigenvalue weighted by molar-refractivity contribution is 5.93. The summed E-state index contributed by atoms with van der Waals surface area (Å²) in [4.78, 5) is 22.7. The number of aryl methyl sites for hydroxylation is 1. The van der Waals surface area contributed by atoms with Crippen LogP contribution in [0.5, 0.6) is 0 Å². The molecule has 1 rings (SSSR count). The number of aromatic carboxylic acids is 1. The third-order valence-electron chi connectivity index (χ3n) is 3.26. The van der Waals surface area contributed by atoms with Gasteiger partial charge in [0.2, 0.25) is 5.91 Å². The minimum absolute atomic E-state index is 0.0589. The Balaban J connectivity index is 2.54. The molecule has 0 aliphatic heterocycles. The topological polar surface area (TPSA) is 92.4 Å². The minimum atomic E-state index is -0.962. The van der Waals surface area contributed by atoms with Crippen LogP contribution in [0.15, 0.2) is 18.2 Å². The first-order valence-corrected chi connectivity index (χ1v) is 6.78. The van der Waals surface area contributed by atoms with Crippen molar-refractivity contribution in [1.29, 1.82) is 0 Å². The zero-order valence-electron chi connectivity index (χ0n) is 12.0. The Bertz CT molecular complexity index is 486. The van der Waals surface area contributed by atoms with Gasteiger partial charge in [0.25, 0.3) is 0 Å². The van der Waals surface area contributed by atoms with E-state index in [4.69, 9.17) is 10.8 Å². The number of hydrogen-bond donors (Lipinski definition) is 3. The number of nitrogens with two attached hydrogens (primary N) is 1. The molecule has 1 unspecified atom stereocenters. The lowest BCUT2D eigenvalue weighted by Crippen LogP contribution is -2.14. The maximum absolute atomic E-state index is 11.8. The summed E-state index contributed by atoms with van der Waals surface area (Å²) in [6, 6.07) is 4.78. The second-order valence-electron chi connectivity index (χ2n) is 5.10. The van der Waals surface area contributed by atoms with E-state index in [9.17, 15) is 9.59 Å². The number of carboxylic acid groups (broad SMARTS) is 1. The van der Waals surface area contributed by atoms with Crippen molar-refractivity contribution in [2.45, 2.75) is 33.1 Å². The Labute approximate surface area is 119 Å². The van der Waals surface area contributed by atoms with Crippen LogP contribution in [-0.2, 0) is 4.79 Å². The number of amides is 1. The number of benzene rings is 1. The molecule has 5 nitrogen and oxygen atoms in total. The van der Waals surface area contributed by atoms with Crippen molar-refractivity contribution >= 4 is 17.6 Å². The van der Waals surface area contributed by atoms with Gasteiger partial charge in [-0.1, -0.05) is 6.92 Å². The molecule has 0 aliphatic carbocycles. The van der Waals surface area contributed by atoms with E-state index in [1.165, 1.54) is 6.07 Å². The van der Waals surface area contributed by atoms with Crippen LogP contribution in [0.4, 0.5) is 5.69 Å². The molecule has 0 bridgehead atoms. The first kappa shape index (κ1) is 16.2. The van der Waals surface area contributed by atoms with Gasteiger partial charge in [-0.2, -0.15) is 0 Å². The van der Waals surface area contributed by atoms with E-state index in [0.717, 1.165) is 12.8 Å². The van der Waals surface area contributed by atoms with Gasteiger partial charge in [0, 0.05) is 12.1 Å². The van der Waals surface area contributed by atoms with Gasteiger partial charge >= 0.3 is 5.97 Å². The number of anilines is 1. The first-order chi connectivity index (χ1) is 9.43. The van der Waals surface area contributed by atoms with Gasteiger partial charge in [-0.05, 0) is 56.0 Å². The molecule has 1 amide bonds. The highest BCUT2D eigenvalue weighted by Crippen LogP contribution is 2.16. The van der Waals surface area contributed by atoms with Crippen LogP contribution in [0, 0.1) is 12.8 Å². The van der Waals surface area contributed by atoms with Crippen molar-refractivity contribution in [3.05, 3.63) is 29.3 Å². The van der Waals surface area contributed by atoms with Crippen molar-refractivity contribution in [2.24, 2.45) is 11.7 Å². The van der Waals surface area contributed by atoms with Gasteiger partial charge in [0.15, 0.2) is 0 Å². The summed E-state index contributed by atoms with van der Waals surface area (Å²) in [5.41, 5.74) is 6.98. The molecule has 1 atom stereocenters. The van der Waals surface area contributed by atoms with Crippen LogP contribution in [0.1, 0.15) is 42.1 Å². The van der Waals surface area contributed by atoms with Crippen LogP contribution in [0.3, 0.4) is 0 Å². The molecular formula is C15H22N2O3. The Morgan fingerprint density at radius 3 is 2.60 bits per heavy atom. The van der Waals surface area contributed by atoms with Crippen molar-refractivity contribution in [3.8, 4) is 0 Å². The fraction of sp³-hybridized carbons (Fsp3) is 0.467. The van der Waals surface area contributed by atoms with Gasteiger partial charge in [0.05, 0.1) is 5.56 Å². The molecule has 0 aromatic heterocycles. The largest absolute Gasteiger partial charge is 0.478 e. The van der Waals surface area contributed by atoms with Gasteiger partial charge in [0.1, 0.15) is 0 Å². The predicted octanol–water partition coefficient (Wildman–Crippen LogP) is 2.40. The average Bonchev–Trinajstić information content (AvgIpc) is 2.36. The van der Waals surface area contributed by atoms with Gasteiger partial charge in [-0.3, -0.25) is 4.79 Å². The number of rotatable bonds is 7. The molecule has 20 heavy (non-hydrogen) atoms. The molecule has 0 fully saturated rings. The number of carboxylic acids is 1. The third-order valence-corrected chi connectivity index (χ3v) is 3.26. The fourth-order valence-corrected chi connectivity index (χ4v) is 2.01. The number of nitrogens with one attached hydrogen (secondary N) is 1. The monoisotopic (exact) mass is 278 g/mol. The van der Waals surface area contributed by atoms with Crippen LogP contribution in [0.25, 0.3) is 0 Å². The van der Waals surface area contributed by atoms with E-state index in [2.05, 4.69) is 12.2 Å². The van der Waals surface area contributed by atoms with E-state index in [1.807, 2.05) is 0 Å². The second kappa shape index (κ2) is 7.65. The van der Waals surface area contributed by atoms with Crippen molar-refractivity contribution in [3.63, 3.8) is 0 Å². The summed E-state index contributed by atoms with van der Waals surface area (Å²) < 4.78 is 0. The van der Waals surface area contributed by atoms with Crippen molar-refractivity contribution in [2.75, 3.05) is 11.9 Å². The Morgan fingerprint density at radius 1 is 1.35 bits per heavy atom. The Morgan fingerprint density at radius 2 is 2.05 bits per heavy atom. The molecule has 4 N–H and O–H groups in total. The first-order valence-electron chi connectivity index (χ1n) is 6.78. The molecule has 5 heteroatoms. The summed E-state index contributed by atoms with van der Waals surface area (Å²) in [7, 11) is 0.